The normalized spacial score (nSPS) is 12.2. The van der Waals surface area contributed by atoms with Gasteiger partial charge in [0.25, 0.3) is 10.0 Å². The molecular formula is C22H15F4N3O3S. The molecule has 6 nitrogen and oxygen atoms in total. The van der Waals surface area contributed by atoms with E-state index in [9.17, 15) is 30.8 Å². The van der Waals surface area contributed by atoms with Crippen molar-refractivity contribution in [2.24, 2.45) is 0 Å². The molecule has 2 aromatic carbocycles. The van der Waals surface area contributed by atoms with Crippen LogP contribution >= 0.6 is 0 Å². The molecule has 0 bridgehead atoms. The molecule has 0 atom stereocenters. The maximum absolute atomic E-state index is 14.2. The van der Waals surface area contributed by atoms with E-state index < -0.39 is 38.4 Å². The first-order valence-electron chi connectivity index (χ1n) is 9.45. The van der Waals surface area contributed by atoms with E-state index in [1.807, 2.05) is 0 Å². The molecule has 0 aliphatic carbocycles. The Bertz CT molecular complexity index is 1480. The van der Waals surface area contributed by atoms with Gasteiger partial charge in [-0.25, -0.2) is 22.0 Å². The molecule has 2 aromatic heterocycles. The maximum Gasteiger partial charge on any atom is 0.417 e. The lowest BCUT2D eigenvalue weighted by Gasteiger charge is -2.20. The zero-order chi connectivity index (χ0) is 24.0. The smallest absolute Gasteiger partial charge is 0.274 e. The molecule has 0 radical (unpaired) electrons. The van der Waals surface area contributed by atoms with Gasteiger partial charge >= 0.3 is 6.18 Å². The zero-order valence-electron chi connectivity index (χ0n) is 16.9. The highest BCUT2D eigenvalue weighted by Gasteiger charge is 2.40. The molecule has 4 aromatic rings. The van der Waals surface area contributed by atoms with Gasteiger partial charge in [-0.15, -0.1) is 0 Å². The van der Waals surface area contributed by atoms with Crippen LogP contribution < -0.4 is 4.72 Å². The number of nitrogens with zero attached hydrogens (tertiary/aromatic N) is 2. The first-order valence-corrected chi connectivity index (χ1v) is 10.9. The van der Waals surface area contributed by atoms with E-state index in [4.69, 9.17) is 0 Å². The van der Waals surface area contributed by atoms with E-state index in [0.29, 0.717) is 17.1 Å². The highest BCUT2D eigenvalue weighted by atomic mass is 32.2. The number of pyridine rings is 1. The predicted molar refractivity (Wildman–Crippen MR) is 112 cm³/mol. The van der Waals surface area contributed by atoms with Crippen molar-refractivity contribution in [3.8, 4) is 22.3 Å². The number of halogens is 4. The highest BCUT2D eigenvalue weighted by Crippen LogP contribution is 2.43. The van der Waals surface area contributed by atoms with Gasteiger partial charge in [0.05, 0.1) is 11.1 Å². The van der Waals surface area contributed by atoms with Gasteiger partial charge in [-0.2, -0.15) is 18.3 Å². The van der Waals surface area contributed by atoms with E-state index in [-0.39, 0.29) is 16.7 Å². The molecule has 1 N–H and O–H groups in total. The Morgan fingerprint density at radius 2 is 1.70 bits per heavy atom. The second-order valence-corrected chi connectivity index (χ2v) is 8.77. The van der Waals surface area contributed by atoms with Gasteiger partial charge in [0.2, 0.25) is 5.91 Å². The van der Waals surface area contributed by atoms with E-state index in [1.54, 1.807) is 29.1 Å². The Morgan fingerprint density at radius 1 is 1.00 bits per heavy atom. The fraction of sp³-hybridized carbons (Fsp3) is 0.0909. The third-order valence-corrected chi connectivity index (χ3v) is 6.38. The number of alkyl halides is 3. The molecule has 0 saturated carbocycles. The Kier molecular flexibility index (Phi) is 5.44. The number of rotatable bonds is 4. The van der Waals surface area contributed by atoms with Crippen LogP contribution in [0.25, 0.3) is 27.8 Å². The minimum atomic E-state index is -5.09. The van der Waals surface area contributed by atoms with Gasteiger partial charge in [-0.05, 0) is 47.5 Å². The molecule has 4 rings (SSSR count). The number of aromatic nitrogens is 2. The summed E-state index contributed by atoms with van der Waals surface area (Å²) >= 11 is 0. The van der Waals surface area contributed by atoms with Crippen LogP contribution in [-0.4, -0.2) is 23.9 Å². The summed E-state index contributed by atoms with van der Waals surface area (Å²) in [6, 6.07) is 11.1. The van der Waals surface area contributed by atoms with Gasteiger partial charge in [-0.3, -0.25) is 4.79 Å². The quantitative estimate of drug-likeness (QED) is 0.434. The molecule has 0 aliphatic heterocycles. The van der Waals surface area contributed by atoms with E-state index in [0.717, 1.165) is 19.1 Å². The van der Waals surface area contributed by atoms with Crippen LogP contribution in [-0.2, 0) is 21.0 Å². The topological polar surface area (TPSA) is 80.5 Å². The van der Waals surface area contributed by atoms with Gasteiger partial charge < -0.3 is 0 Å². The SMILES string of the molecule is CC(=O)NS(=O)(=O)c1c(-c2ccc(F)cc2)cc(-c2cccn3nccc23)cc1C(F)(F)F. The van der Waals surface area contributed by atoms with Gasteiger partial charge in [0, 0.05) is 30.4 Å². The summed E-state index contributed by atoms with van der Waals surface area (Å²) < 4.78 is 84.8. The van der Waals surface area contributed by atoms with Crippen molar-refractivity contribution >= 4 is 21.4 Å². The largest absolute Gasteiger partial charge is 0.417 e. The standard InChI is InChI=1S/C22H15F4N3O3S/c1-13(30)28-33(31,32)21-18(14-4-6-16(23)7-5-14)11-15(12-19(21)22(24,25)26)17-3-2-10-29-20(17)8-9-27-29/h2-12H,1H3,(H,28,30). The molecule has 0 fully saturated rings. The molecule has 1 amide bonds. The van der Waals surface area contributed by atoms with Crippen molar-refractivity contribution in [1.82, 2.24) is 14.3 Å². The summed E-state index contributed by atoms with van der Waals surface area (Å²) in [6.07, 6.45) is -2.00. The number of amides is 1. The fourth-order valence-electron chi connectivity index (χ4n) is 3.57. The number of benzene rings is 2. The summed E-state index contributed by atoms with van der Waals surface area (Å²) in [4.78, 5) is 10.3. The van der Waals surface area contributed by atoms with Crippen LogP contribution in [0.15, 0.2) is 71.9 Å². The number of carbonyl (C=O) groups is 1. The van der Waals surface area contributed by atoms with Crippen LogP contribution in [0, 0.1) is 5.82 Å². The van der Waals surface area contributed by atoms with Crippen LogP contribution in [0.4, 0.5) is 17.6 Å². The number of carbonyl (C=O) groups excluding carboxylic acids is 1. The summed E-state index contributed by atoms with van der Waals surface area (Å²) in [6.45, 7) is 0.872. The van der Waals surface area contributed by atoms with Gasteiger partial charge in [0.15, 0.2) is 0 Å². The minimum absolute atomic E-state index is 0.0214. The molecule has 0 unspecified atom stereocenters. The molecular weight excluding hydrogens is 462 g/mol. The Hall–Kier alpha value is -3.73. The van der Waals surface area contributed by atoms with Gasteiger partial charge in [-0.1, -0.05) is 18.2 Å². The molecule has 33 heavy (non-hydrogen) atoms. The predicted octanol–water partition coefficient (Wildman–Crippen LogP) is 4.65. The van der Waals surface area contributed by atoms with E-state index in [1.165, 1.54) is 28.9 Å². The Balaban J connectivity index is 2.13. The molecule has 2 heterocycles. The van der Waals surface area contributed by atoms with E-state index in [2.05, 4.69) is 5.10 Å². The number of fused-ring (bicyclic) bond motifs is 1. The van der Waals surface area contributed by atoms with Crippen molar-refractivity contribution in [3.05, 3.63) is 78.4 Å². The van der Waals surface area contributed by atoms with Crippen molar-refractivity contribution in [2.45, 2.75) is 18.0 Å². The minimum Gasteiger partial charge on any atom is -0.274 e. The average Bonchev–Trinajstić information content (AvgIpc) is 3.21. The van der Waals surface area contributed by atoms with Crippen LogP contribution in [0.3, 0.4) is 0 Å². The lowest BCUT2D eigenvalue weighted by molar-refractivity contribution is -0.139. The number of nitrogens with one attached hydrogen (secondary N) is 1. The molecule has 0 spiro atoms. The zero-order valence-corrected chi connectivity index (χ0v) is 17.7. The Morgan fingerprint density at radius 3 is 2.33 bits per heavy atom. The van der Waals surface area contributed by atoms with Crippen LogP contribution in [0.5, 0.6) is 0 Å². The summed E-state index contributed by atoms with van der Waals surface area (Å²) in [7, 11) is -4.92. The third-order valence-electron chi connectivity index (χ3n) is 4.84. The number of sulfonamides is 1. The molecule has 11 heteroatoms. The number of hydrogen-bond acceptors (Lipinski definition) is 4. The highest BCUT2D eigenvalue weighted by molar-refractivity contribution is 7.90. The van der Waals surface area contributed by atoms with Crippen molar-refractivity contribution in [2.75, 3.05) is 0 Å². The summed E-state index contributed by atoms with van der Waals surface area (Å²) in [5, 5.41) is 4.07. The van der Waals surface area contributed by atoms with E-state index >= 15 is 0 Å². The third kappa shape index (κ3) is 4.31. The molecule has 0 aliphatic rings. The van der Waals surface area contributed by atoms with Crippen LogP contribution in [0.1, 0.15) is 12.5 Å². The summed E-state index contributed by atoms with van der Waals surface area (Å²) in [5.41, 5.74) is -0.854. The van der Waals surface area contributed by atoms with Crippen molar-refractivity contribution in [1.29, 1.82) is 0 Å². The Labute approximate surface area is 185 Å². The fourth-order valence-corrected chi connectivity index (χ4v) is 4.98. The first-order chi connectivity index (χ1) is 15.5. The molecule has 170 valence electrons. The van der Waals surface area contributed by atoms with Crippen molar-refractivity contribution in [3.63, 3.8) is 0 Å². The molecule has 0 saturated heterocycles. The lowest BCUT2D eigenvalue weighted by atomic mass is 9.95. The monoisotopic (exact) mass is 477 g/mol. The average molecular weight is 477 g/mol. The number of hydrogen-bond donors (Lipinski definition) is 1. The van der Waals surface area contributed by atoms with Crippen LogP contribution in [0.2, 0.25) is 0 Å². The van der Waals surface area contributed by atoms with Gasteiger partial charge in [0.1, 0.15) is 10.7 Å². The lowest BCUT2D eigenvalue weighted by Crippen LogP contribution is -2.30. The summed E-state index contributed by atoms with van der Waals surface area (Å²) in [5.74, 6) is -1.71. The maximum atomic E-state index is 14.2. The first kappa shape index (κ1) is 22.5. The second-order valence-electron chi connectivity index (χ2n) is 7.15. The second kappa shape index (κ2) is 8.00. The van der Waals surface area contributed by atoms with Crippen molar-refractivity contribution < 1.29 is 30.8 Å².